The highest BCUT2D eigenvalue weighted by Gasteiger charge is 2.20. The number of hydrogen-bond acceptors (Lipinski definition) is 5. The number of carbonyl (C=O) groups is 1. The summed E-state index contributed by atoms with van der Waals surface area (Å²) in [5.74, 6) is 0.536. The number of nitrogens with two attached hydrogens (primary N) is 1. The van der Waals surface area contributed by atoms with E-state index in [4.69, 9.17) is 19.9 Å². The van der Waals surface area contributed by atoms with Crippen LogP contribution in [0.25, 0.3) is 0 Å². The lowest BCUT2D eigenvalue weighted by Gasteiger charge is -2.09. The van der Waals surface area contributed by atoms with Gasteiger partial charge in [-0.3, -0.25) is 0 Å². The van der Waals surface area contributed by atoms with Crippen molar-refractivity contribution in [2.24, 2.45) is 0 Å². The van der Waals surface area contributed by atoms with Gasteiger partial charge in [0, 0.05) is 22.2 Å². The lowest BCUT2D eigenvalue weighted by atomic mass is 10.1. The molecule has 0 fully saturated rings. The lowest BCUT2D eigenvalue weighted by molar-refractivity contribution is 0.0473. The van der Waals surface area contributed by atoms with Crippen molar-refractivity contribution >= 4 is 27.6 Å². The molecular formula is C15H12BrNO4. The fourth-order valence-electron chi connectivity index (χ4n) is 1.97. The molecule has 0 amide bonds. The number of halogens is 1. The van der Waals surface area contributed by atoms with Gasteiger partial charge in [0.25, 0.3) is 0 Å². The van der Waals surface area contributed by atoms with Crippen molar-refractivity contribution in [3.63, 3.8) is 0 Å². The van der Waals surface area contributed by atoms with Gasteiger partial charge in [-0.25, -0.2) is 4.79 Å². The molecule has 0 radical (unpaired) electrons. The number of anilines is 1. The van der Waals surface area contributed by atoms with Gasteiger partial charge in [-0.2, -0.15) is 0 Å². The number of esters is 1. The van der Waals surface area contributed by atoms with E-state index >= 15 is 0 Å². The Balaban J connectivity index is 1.76. The van der Waals surface area contributed by atoms with Crippen molar-refractivity contribution in [3.05, 3.63) is 52.0 Å². The summed E-state index contributed by atoms with van der Waals surface area (Å²) in [4.78, 5) is 12.1. The molecule has 1 aliphatic heterocycles. The van der Waals surface area contributed by atoms with Gasteiger partial charge in [-0.15, -0.1) is 0 Å². The first-order chi connectivity index (χ1) is 10.1. The summed E-state index contributed by atoms with van der Waals surface area (Å²) in [6, 6.07) is 10.6. The average molecular weight is 350 g/mol. The zero-order valence-corrected chi connectivity index (χ0v) is 12.6. The second kappa shape index (κ2) is 5.65. The Morgan fingerprint density at radius 2 is 1.95 bits per heavy atom. The van der Waals surface area contributed by atoms with Crippen molar-refractivity contribution < 1.29 is 19.0 Å². The molecule has 0 atom stereocenters. The monoisotopic (exact) mass is 349 g/mol. The van der Waals surface area contributed by atoms with Crippen LogP contribution in [0, 0.1) is 0 Å². The zero-order chi connectivity index (χ0) is 14.8. The molecule has 3 rings (SSSR count). The molecule has 2 N–H and O–H groups in total. The van der Waals surface area contributed by atoms with E-state index in [0.29, 0.717) is 17.2 Å². The summed E-state index contributed by atoms with van der Waals surface area (Å²) in [6.45, 7) is 0.290. The van der Waals surface area contributed by atoms with E-state index in [0.717, 1.165) is 10.0 Å². The first kappa shape index (κ1) is 13.8. The highest BCUT2D eigenvalue weighted by atomic mass is 79.9. The third kappa shape index (κ3) is 2.80. The number of ether oxygens (including phenoxy) is 3. The van der Waals surface area contributed by atoms with Crippen molar-refractivity contribution in [1.29, 1.82) is 0 Å². The summed E-state index contributed by atoms with van der Waals surface area (Å²) in [7, 11) is 0. The van der Waals surface area contributed by atoms with Gasteiger partial charge in [0.05, 0.1) is 11.3 Å². The van der Waals surface area contributed by atoms with Gasteiger partial charge >= 0.3 is 5.97 Å². The van der Waals surface area contributed by atoms with Gasteiger partial charge in [-0.1, -0.05) is 34.1 Å². The zero-order valence-electron chi connectivity index (χ0n) is 11.0. The smallest absolute Gasteiger partial charge is 0.340 e. The molecule has 5 nitrogen and oxygen atoms in total. The van der Waals surface area contributed by atoms with Crippen LogP contribution in [0.15, 0.2) is 40.9 Å². The number of carbonyl (C=O) groups excluding carboxylic acids is 1. The summed E-state index contributed by atoms with van der Waals surface area (Å²) >= 11 is 3.41. The second-order valence-electron chi connectivity index (χ2n) is 4.46. The van der Waals surface area contributed by atoms with E-state index in [9.17, 15) is 4.79 Å². The van der Waals surface area contributed by atoms with Crippen LogP contribution in [-0.4, -0.2) is 12.8 Å². The molecule has 0 bridgehead atoms. The van der Waals surface area contributed by atoms with Gasteiger partial charge in [-0.05, 0) is 6.07 Å². The van der Waals surface area contributed by atoms with Gasteiger partial charge in [0.2, 0.25) is 6.79 Å². The number of hydrogen-bond donors (Lipinski definition) is 1. The molecule has 0 saturated carbocycles. The van der Waals surface area contributed by atoms with E-state index in [2.05, 4.69) is 15.9 Å². The average Bonchev–Trinajstić information content (AvgIpc) is 2.92. The molecule has 108 valence electrons. The maximum Gasteiger partial charge on any atom is 0.340 e. The van der Waals surface area contributed by atoms with Crippen LogP contribution in [0.2, 0.25) is 0 Å². The standard InChI is InChI=1S/C15H12BrNO4/c16-11-4-2-1-3-9(11)7-19-15(18)10-5-13-14(6-12(10)17)21-8-20-13/h1-6H,7-8,17H2. The molecule has 0 aromatic heterocycles. The first-order valence-electron chi connectivity index (χ1n) is 6.25. The molecule has 6 heteroatoms. The minimum absolute atomic E-state index is 0.129. The maximum absolute atomic E-state index is 12.1. The van der Waals surface area contributed by atoms with Crippen molar-refractivity contribution in [1.82, 2.24) is 0 Å². The normalized spacial score (nSPS) is 12.2. The molecule has 0 aliphatic carbocycles. The molecular weight excluding hydrogens is 338 g/mol. The highest BCUT2D eigenvalue weighted by molar-refractivity contribution is 9.10. The fourth-order valence-corrected chi connectivity index (χ4v) is 2.37. The Labute approximate surface area is 129 Å². The predicted molar refractivity (Wildman–Crippen MR) is 80.2 cm³/mol. The predicted octanol–water partition coefficient (Wildman–Crippen LogP) is 3.12. The fraction of sp³-hybridized carbons (Fsp3) is 0.133. The molecule has 2 aromatic rings. The molecule has 1 heterocycles. The summed E-state index contributed by atoms with van der Waals surface area (Å²) in [6.07, 6.45) is 0. The van der Waals surface area contributed by atoms with E-state index in [1.54, 1.807) is 12.1 Å². The molecule has 21 heavy (non-hydrogen) atoms. The largest absolute Gasteiger partial charge is 0.457 e. The highest BCUT2D eigenvalue weighted by Crippen LogP contribution is 2.36. The number of fused-ring (bicyclic) bond motifs is 1. The molecule has 0 unspecified atom stereocenters. The van der Waals surface area contributed by atoms with Gasteiger partial charge in [0.15, 0.2) is 11.5 Å². The Kier molecular flexibility index (Phi) is 3.70. The Bertz CT molecular complexity index is 702. The first-order valence-corrected chi connectivity index (χ1v) is 7.04. The third-order valence-electron chi connectivity index (χ3n) is 3.08. The molecule has 1 aliphatic rings. The quantitative estimate of drug-likeness (QED) is 0.680. The molecule has 2 aromatic carbocycles. The Morgan fingerprint density at radius 3 is 2.71 bits per heavy atom. The lowest BCUT2D eigenvalue weighted by Crippen LogP contribution is -2.08. The number of rotatable bonds is 3. The molecule has 0 spiro atoms. The minimum atomic E-state index is -0.499. The second-order valence-corrected chi connectivity index (χ2v) is 5.31. The van der Waals surface area contributed by atoms with Crippen LogP contribution in [0.3, 0.4) is 0 Å². The van der Waals surface area contributed by atoms with E-state index in [1.807, 2.05) is 24.3 Å². The Hall–Kier alpha value is -2.21. The van der Waals surface area contributed by atoms with Gasteiger partial charge < -0.3 is 19.9 Å². The van der Waals surface area contributed by atoms with Crippen LogP contribution >= 0.6 is 15.9 Å². The minimum Gasteiger partial charge on any atom is -0.457 e. The van der Waals surface area contributed by atoms with E-state index in [-0.39, 0.29) is 19.0 Å². The molecule has 0 saturated heterocycles. The summed E-state index contributed by atoms with van der Waals surface area (Å²) in [5.41, 5.74) is 7.30. The Morgan fingerprint density at radius 1 is 1.24 bits per heavy atom. The van der Waals surface area contributed by atoms with Crippen LogP contribution in [0.1, 0.15) is 15.9 Å². The van der Waals surface area contributed by atoms with Crippen LogP contribution < -0.4 is 15.2 Å². The van der Waals surface area contributed by atoms with Crippen LogP contribution in [0.5, 0.6) is 11.5 Å². The van der Waals surface area contributed by atoms with Crippen LogP contribution in [-0.2, 0) is 11.3 Å². The third-order valence-corrected chi connectivity index (χ3v) is 3.85. The van der Waals surface area contributed by atoms with Crippen LogP contribution in [0.4, 0.5) is 5.69 Å². The maximum atomic E-state index is 12.1. The van der Waals surface area contributed by atoms with Crippen molar-refractivity contribution in [3.8, 4) is 11.5 Å². The topological polar surface area (TPSA) is 70.8 Å². The van der Waals surface area contributed by atoms with Crippen molar-refractivity contribution in [2.45, 2.75) is 6.61 Å². The summed E-state index contributed by atoms with van der Waals surface area (Å²) in [5, 5.41) is 0. The number of benzene rings is 2. The SMILES string of the molecule is Nc1cc2c(cc1C(=O)OCc1ccccc1Br)OCO2. The van der Waals surface area contributed by atoms with Gasteiger partial charge in [0.1, 0.15) is 6.61 Å². The summed E-state index contributed by atoms with van der Waals surface area (Å²) < 4.78 is 16.6. The van der Waals surface area contributed by atoms with Crippen molar-refractivity contribution in [2.75, 3.05) is 12.5 Å². The number of nitrogen functional groups attached to an aromatic ring is 1. The van der Waals surface area contributed by atoms with E-state index < -0.39 is 5.97 Å². The van der Waals surface area contributed by atoms with E-state index in [1.165, 1.54) is 0 Å².